The number of hydrogen-bond donors (Lipinski definition) is 1. The number of anilines is 1. The first-order chi connectivity index (χ1) is 9.81. The standard InChI is InChI=1S/C16H22N2O2/c1-3-4-10-18(11-12-19)16-14-6-5-7-15(20-2)13(14)8-9-17-16/h5-9,19H,3-4,10-12H2,1-2H3. The summed E-state index contributed by atoms with van der Waals surface area (Å²) in [4.78, 5) is 6.66. The molecule has 1 N–H and O–H groups in total. The third kappa shape index (κ3) is 3.02. The molecule has 0 fully saturated rings. The highest BCUT2D eigenvalue weighted by atomic mass is 16.5. The number of aliphatic hydroxyl groups is 1. The zero-order chi connectivity index (χ0) is 14.4. The smallest absolute Gasteiger partial charge is 0.136 e. The molecule has 0 saturated heterocycles. The van der Waals surface area contributed by atoms with Crippen molar-refractivity contribution >= 4 is 16.6 Å². The number of fused-ring (bicyclic) bond motifs is 1. The highest BCUT2D eigenvalue weighted by Gasteiger charge is 2.12. The van der Waals surface area contributed by atoms with E-state index in [2.05, 4.69) is 22.9 Å². The fourth-order valence-electron chi connectivity index (χ4n) is 2.39. The Labute approximate surface area is 120 Å². The van der Waals surface area contributed by atoms with Gasteiger partial charge in [0.1, 0.15) is 11.6 Å². The molecule has 0 aliphatic rings. The van der Waals surface area contributed by atoms with Gasteiger partial charge >= 0.3 is 0 Å². The Balaban J connectivity index is 2.46. The second kappa shape index (κ2) is 7.10. The normalized spacial score (nSPS) is 10.8. The van der Waals surface area contributed by atoms with Crippen molar-refractivity contribution in [1.82, 2.24) is 4.98 Å². The Hall–Kier alpha value is -1.81. The lowest BCUT2D eigenvalue weighted by molar-refractivity contribution is 0.301. The molecule has 4 heteroatoms. The quantitative estimate of drug-likeness (QED) is 0.843. The number of methoxy groups -OCH3 is 1. The van der Waals surface area contributed by atoms with Gasteiger partial charge in [-0.25, -0.2) is 4.98 Å². The molecule has 0 spiro atoms. The molecule has 1 heterocycles. The third-order valence-electron chi connectivity index (χ3n) is 3.42. The predicted octanol–water partition coefficient (Wildman–Crippen LogP) is 2.84. The Kier molecular flexibility index (Phi) is 5.18. The maximum Gasteiger partial charge on any atom is 0.136 e. The molecule has 1 aromatic carbocycles. The summed E-state index contributed by atoms with van der Waals surface area (Å²) in [6.45, 7) is 3.80. The van der Waals surface area contributed by atoms with E-state index in [-0.39, 0.29) is 6.61 Å². The lowest BCUT2D eigenvalue weighted by Gasteiger charge is -2.24. The maximum absolute atomic E-state index is 9.28. The summed E-state index contributed by atoms with van der Waals surface area (Å²) in [5.41, 5.74) is 0. The van der Waals surface area contributed by atoms with Crippen LogP contribution in [0.5, 0.6) is 5.75 Å². The van der Waals surface area contributed by atoms with Gasteiger partial charge in [-0.05, 0) is 18.6 Å². The highest BCUT2D eigenvalue weighted by molar-refractivity contribution is 5.96. The third-order valence-corrected chi connectivity index (χ3v) is 3.42. The second-order valence-corrected chi connectivity index (χ2v) is 4.75. The molecular formula is C16H22N2O2. The van der Waals surface area contributed by atoms with E-state index >= 15 is 0 Å². The molecule has 20 heavy (non-hydrogen) atoms. The van der Waals surface area contributed by atoms with Gasteiger partial charge in [-0.2, -0.15) is 0 Å². The van der Waals surface area contributed by atoms with Gasteiger partial charge in [-0.1, -0.05) is 25.5 Å². The Morgan fingerprint density at radius 1 is 1.20 bits per heavy atom. The summed E-state index contributed by atoms with van der Waals surface area (Å²) in [5.74, 6) is 1.77. The van der Waals surface area contributed by atoms with Crippen molar-refractivity contribution in [1.29, 1.82) is 0 Å². The monoisotopic (exact) mass is 274 g/mol. The Morgan fingerprint density at radius 3 is 2.75 bits per heavy atom. The van der Waals surface area contributed by atoms with Crippen molar-refractivity contribution in [2.24, 2.45) is 0 Å². The van der Waals surface area contributed by atoms with Crippen LogP contribution in [0.15, 0.2) is 30.5 Å². The summed E-state index contributed by atoms with van der Waals surface area (Å²) in [5, 5.41) is 11.4. The molecule has 108 valence electrons. The number of aromatic nitrogens is 1. The largest absolute Gasteiger partial charge is 0.496 e. The topological polar surface area (TPSA) is 45.6 Å². The minimum atomic E-state index is 0.131. The van der Waals surface area contributed by atoms with E-state index < -0.39 is 0 Å². The van der Waals surface area contributed by atoms with Gasteiger partial charge in [0.05, 0.1) is 13.7 Å². The minimum absolute atomic E-state index is 0.131. The summed E-state index contributed by atoms with van der Waals surface area (Å²) in [6, 6.07) is 7.95. The van der Waals surface area contributed by atoms with Crippen molar-refractivity contribution in [2.45, 2.75) is 19.8 Å². The number of unbranched alkanes of at least 4 members (excludes halogenated alkanes) is 1. The van der Waals surface area contributed by atoms with E-state index in [1.54, 1.807) is 13.3 Å². The fraction of sp³-hybridized carbons (Fsp3) is 0.438. The molecule has 0 atom stereocenters. The van der Waals surface area contributed by atoms with Gasteiger partial charge in [-0.3, -0.25) is 0 Å². The van der Waals surface area contributed by atoms with Gasteiger partial charge in [-0.15, -0.1) is 0 Å². The predicted molar refractivity (Wildman–Crippen MR) is 82.5 cm³/mol. The van der Waals surface area contributed by atoms with Crippen LogP contribution in [0, 0.1) is 0 Å². The van der Waals surface area contributed by atoms with Crippen LogP contribution in [0.1, 0.15) is 19.8 Å². The average Bonchev–Trinajstić information content (AvgIpc) is 2.50. The Bertz CT molecular complexity index is 557. The van der Waals surface area contributed by atoms with Crippen molar-refractivity contribution in [3.05, 3.63) is 30.5 Å². The van der Waals surface area contributed by atoms with E-state index in [4.69, 9.17) is 4.74 Å². The number of pyridine rings is 1. The molecule has 2 aromatic rings. The molecule has 2 rings (SSSR count). The van der Waals surface area contributed by atoms with Gasteiger partial charge < -0.3 is 14.7 Å². The van der Waals surface area contributed by atoms with E-state index in [0.29, 0.717) is 6.54 Å². The summed E-state index contributed by atoms with van der Waals surface area (Å²) >= 11 is 0. The molecule has 0 unspecified atom stereocenters. The van der Waals surface area contributed by atoms with Gasteiger partial charge in [0.15, 0.2) is 0 Å². The van der Waals surface area contributed by atoms with E-state index in [1.165, 1.54) is 0 Å². The molecule has 0 radical (unpaired) electrons. The second-order valence-electron chi connectivity index (χ2n) is 4.75. The molecule has 1 aromatic heterocycles. The van der Waals surface area contributed by atoms with Crippen LogP contribution in [0.4, 0.5) is 5.82 Å². The van der Waals surface area contributed by atoms with Crippen LogP contribution in [0.2, 0.25) is 0 Å². The van der Waals surface area contributed by atoms with E-state index in [9.17, 15) is 5.11 Å². The number of hydrogen-bond acceptors (Lipinski definition) is 4. The van der Waals surface area contributed by atoms with Gasteiger partial charge in [0.25, 0.3) is 0 Å². The lowest BCUT2D eigenvalue weighted by atomic mass is 10.1. The van der Waals surface area contributed by atoms with Crippen molar-refractivity contribution in [3.63, 3.8) is 0 Å². The Morgan fingerprint density at radius 2 is 2.05 bits per heavy atom. The average molecular weight is 274 g/mol. The van der Waals surface area contributed by atoms with Crippen molar-refractivity contribution < 1.29 is 9.84 Å². The molecule has 0 aliphatic heterocycles. The highest BCUT2D eigenvalue weighted by Crippen LogP contribution is 2.30. The van der Waals surface area contributed by atoms with Crippen molar-refractivity contribution in [3.8, 4) is 5.75 Å². The number of rotatable bonds is 7. The van der Waals surface area contributed by atoms with Crippen molar-refractivity contribution in [2.75, 3.05) is 31.7 Å². The molecule has 0 aliphatic carbocycles. The first-order valence-corrected chi connectivity index (χ1v) is 7.09. The van der Waals surface area contributed by atoms with Crippen LogP contribution in [-0.4, -0.2) is 36.9 Å². The molecule has 4 nitrogen and oxygen atoms in total. The number of nitrogens with zero attached hydrogens (tertiary/aromatic N) is 2. The molecule has 0 bridgehead atoms. The van der Waals surface area contributed by atoms with Crippen LogP contribution < -0.4 is 9.64 Å². The van der Waals surface area contributed by atoms with Crippen LogP contribution in [-0.2, 0) is 0 Å². The number of benzene rings is 1. The fourth-order valence-corrected chi connectivity index (χ4v) is 2.39. The van der Waals surface area contributed by atoms with Gasteiger partial charge in [0.2, 0.25) is 0 Å². The number of aliphatic hydroxyl groups excluding tert-OH is 1. The zero-order valence-electron chi connectivity index (χ0n) is 12.2. The summed E-state index contributed by atoms with van der Waals surface area (Å²) in [7, 11) is 1.68. The molecule has 0 saturated carbocycles. The maximum atomic E-state index is 9.28. The van der Waals surface area contributed by atoms with E-state index in [1.807, 2.05) is 18.2 Å². The minimum Gasteiger partial charge on any atom is -0.496 e. The first-order valence-electron chi connectivity index (χ1n) is 7.09. The van der Waals surface area contributed by atoms with Gasteiger partial charge in [0, 0.05) is 30.1 Å². The first kappa shape index (κ1) is 14.6. The summed E-state index contributed by atoms with van der Waals surface area (Å²) < 4.78 is 5.41. The van der Waals surface area contributed by atoms with Crippen LogP contribution in [0.3, 0.4) is 0 Å². The van der Waals surface area contributed by atoms with Crippen LogP contribution >= 0.6 is 0 Å². The summed E-state index contributed by atoms with van der Waals surface area (Å²) in [6.07, 6.45) is 4.01. The zero-order valence-corrected chi connectivity index (χ0v) is 12.2. The lowest BCUT2D eigenvalue weighted by Crippen LogP contribution is -2.28. The van der Waals surface area contributed by atoms with Crippen LogP contribution in [0.25, 0.3) is 10.8 Å². The number of ether oxygens (including phenoxy) is 1. The molecular weight excluding hydrogens is 252 g/mol. The molecule has 0 amide bonds. The van der Waals surface area contributed by atoms with E-state index in [0.717, 1.165) is 41.7 Å². The SMILES string of the molecule is CCCCN(CCO)c1nccc2c(OC)cccc12.